The summed E-state index contributed by atoms with van der Waals surface area (Å²) in [5.41, 5.74) is 2.41. The van der Waals surface area contributed by atoms with E-state index in [0.717, 1.165) is 15.8 Å². The maximum atomic E-state index is 12.2. The lowest BCUT2D eigenvalue weighted by Crippen LogP contribution is -2.14. The number of rotatable bonds is 6. The topological polar surface area (TPSA) is 51.1 Å². The first-order chi connectivity index (χ1) is 12.5. The molecule has 0 fully saturated rings. The molecule has 3 rings (SSSR count). The van der Waals surface area contributed by atoms with Crippen LogP contribution in [0, 0.1) is 0 Å². The number of amides is 1. The maximum absolute atomic E-state index is 12.2. The van der Waals surface area contributed by atoms with Gasteiger partial charge in [0, 0.05) is 28.0 Å². The molecule has 1 aromatic heterocycles. The molecule has 0 spiro atoms. The van der Waals surface area contributed by atoms with E-state index < -0.39 is 0 Å². The number of carbonyl (C=O) groups is 1. The molecule has 136 valence electrons. The Morgan fingerprint density at radius 2 is 1.96 bits per heavy atom. The molecule has 26 heavy (non-hydrogen) atoms. The number of halogens is 2. The maximum Gasteiger partial charge on any atom is 0.308 e. The van der Waals surface area contributed by atoms with Crippen LogP contribution in [-0.4, -0.2) is 16.2 Å². The van der Waals surface area contributed by atoms with Gasteiger partial charge in [-0.2, -0.15) is 0 Å². The monoisotopic (exact) mass is 426 g/mol. The van der Waals surface area contributed by atoms with E-state index in [4.69, 9.17) is 23.2 Å². The van der Waals surface area contributed by atoms with Gasteiger partial charge in [0.1, 0.15) is 0 Å². The Balaban J connectivity index is 1.61. The van der Waals surface area contributed by atoms with Crippen molar-refractivity contribution in [1.82, 2.24) is 4.57 Å². The number of hydrogen-bond donors (Lipinski definition) is 1. The van der Waals surface area contributed by atoms with E-state index in [2.05, 4.69) is 5.32 Å². The molecule has 0 saturated heterocycles. The first-order valence-electron chi connectivity index (χ1n) is 7.93. The first-order valence-corrected chi connectivity index (χ1v) is 10.7. The van der Waals surface area contributed by atoms with Crippen LogP contribution in [0.15, 0.2) is 41.2 Å². The van der Waals surface area contributed by atoms with Crippen LogP contribution >= 0.6 is 46.3 Å². The molecule has 0 saturated carbocycles. The summed E-state index contributed by atoms with van der Waals surface area (Å²) in [5, 5.41) is 4.07. The van der Waals surface area contributed by atoms with E-state index in [1.54, 1.807) is 22.8 Å². The summed E-state index contributed by atoms with van der Waals surface area (Å²) in [6, 6.07) is 10.9. The van der Waals surface area contributed by atoms with Crippen molar-refractivity contribution < 1.29 is 4.79 Å². The lowest BCUT2D eigenvalue weighted by molar-refractivity contribution is -0.113. The number of aromatic nitrogens is 1. The molecule has 1 heterocycles. The van der Waals surface area contributed by atoms with Gasteiger partial charge in [-0.15, -0.1) is 11.8 Å². The number of benzene rings is 2. The minimum Gasteiger partial charge on any atom is -0.325 e. The average Bonchev–Trinajstić information content (AvgIpc) is 2.91. The fraction of sp³-hybridized carbons (Fsp3) is 0.222. The van der Waals surface area contributed by atoms with Gasteiger partial charge in [0.25, 0.3) is 0 Å². The van der Waals surface area contributed by atoms with Crippen LogP contribution in [-0.2, 0) is 17.1 Å². The molecule has 8 heteroatoms. The summed E-state index contributed by atoms with van der Waals surface area (Å²) >= 11 is 14.9. The van der Waals surface area contributed by atoms with Crippen LogP contribution in [0.4, 0.5) is 5.69 Å². The molecule has 1 N–H and O–H groups in total. The van der Waals surface area contributed by atoms with E-state index >= 15 is 0 Å². The van der Waals surface area contributed by atoms with Crippen molar-refractivity contribution in [3.05, 3.63) is 61.7 Å². The Hall–Kier alpha value is -1.47. The van der Waals surface area contributed by atoms with Crippen LogP contribution in [0.1, 0.15) is 12.5 Å². The number of anilines is 1. The molecule has 4 nitrogen and oxygen atoms in total. The molecule has 0 aliphatic carbocycles. The van der Waals surface area contributed by atoms with E-state index in [1.807, 2.05) is 25.1 Å². The highest BCUT2D eigenvalue weighted by Gasteiger charge is 2.10. The van der Waals surface area contributed by atoms with E-state index in [0.29, 0.717) is 28.0 Å². The zero-order chi connectivity index (χ0) is 18.7. The van der Waals surface area contributed by atoms with Gasteiger partial charge in [0.05, 0.1) is 16.0 Å². The summed E-state index contributed by atoms with van der Waals surface area (Å²) in [4.78, 5) is 24.1. The zero-order valence-corrected chi connectivity index (χ0v) is 17.1. The SMILES string of the molecule is CCn1c(=O)sc2cc(NC(=O)CSCc3c(Cl)cccc3Cl)ccc21. The van der Waals surface area contributed by atoms with Crippen molar-refractivity contribution in [2.24, 2.45) is 0 Å². The van der Waals surface area contributed by atoms with E-state index in [1.165, 1.54) is 23.1 Å². The lowest BCUT2D eigenvalue weighted by Gasteiger charge is -2.08. The Morgan fingerprint density at radius 1 is 1.23 bits per heavy atom. The summed E-state index contributed by atoms with van der Waals surface area (Å²) in [7, 11) is 0. The van der Waals surface area contributed by atoms with Crippen LogP contribution in [0.3, 0.4) is 0 Å². The molecule has 0 unspecified atom stereocenters. The molecule has 0 radical (unpaired) electrons. The summed E-state index contributed by atoms with van der Waals surface area (Å²) in [6.07, 6.45) is 0. The number of thioether (sulfide) groups is 1. The van der Waals surface area contributed by atoms with Gasteiger partial charge in [-0.25, -0.2) is 0 Å². The van der Waals surface area contributed by atoms with Crippen molar-refractivity contribution in [3.8, 4) is 0 Å². The van der Waals surface area contributed by atoms with Crippen LogP contribution < -0.4 is 10.2 Å². The highest BCUT2D eigenvalue weighted by molar-refractivity contribution is 7.99. The van der Waals surface area contributed by atoms with Crippen molar-refractivity contribution >= 4 is 68.1 Å². The number of nitrogens with zero attached hydrogens (tertiary/aromatic N) is 1. The molecule has 0 bridgehead atoms. The minimum absolute atomic E-state index is 0.0122. The van der Waals surface area contributed by atoms with Crippen molar-refractivity contribution in [3.63, 3.8) is 0 Å². The number of aryl methyl sites for hydroxylation is 1. The Bertz CT molecular complexity index is 994. The van der Waals surface area contributed by atoms with Gasteiger partial charge < -0.3 is 5.32 Å². The van der Waals surface area contributed by atoms with Crippen molar-refractivity contribution in [2.45, 2.75) is 19.2 Å². The Morgan fingerprint density at radius 3 is 2.65 bits per heavy atom. The molecule has 0 atom stereocenters. The van der Waals surface area contributed by atoms with Crippen LogP contribution in [0.5, 0.6) is 0 Å². The zero-order valence-electron chi connectivity index (χ0n) is 13.9. The fourth-order valence-corrected chi connectivity index (χ4v) is 5.12. The Labute approximate surface area is 169 Å². The third-order valence-corrected chi connectivity index (χ3v) is 6.42. The largest absolute Gasteiger partial charge is 0.325 e. The van der Waals surface area contributed by atoms with Gasteiger partial charge in [-0.05, 0) is 42.8 Å². The van der Waals surface area contributed by atoms with E-state index in [-0.39, 0.29) is 16.5 Å². The number of hydrogen-bond acceptors (Lipinski definition) is 4. The number of nitrogens with one attached hydrogen (secondary N) is 1. The second-order valence-electron chi connectivity index (χ2n) is 5.54. The third-order valence-electron chi connectivity index (χ3n) is 3.81. The number of fused-ring (bicyclic) bond motifs is 1. The van der Waals surface area contributed by atoms with Crippen molar-refractivity contribution in [1.29, 1.82) is 0 Å². The normalized spacial score (nSPS) is 11.0. The second-order valence-corrected chi connectivity index (χ2v) is 8.33. The molecular weight excluding hydrogens is 411 g/mol. The van der Waals surface area contributed by atoms with Crippen molar-refractivity contribution in [2.75, 3.05) is 11.1 Å². The third kappa shape index (κ3) is 4.26. The standard InChI is InChI=1S/C18H16Cl2N2O2S2/c1-2-22-15-7-6-11(8-16(15)26-18(22)24)21-17(23)10-25-9-12-13(19)4-3-5-14(12)20/h3-8H,2,9-10H2,1H3,(H,21,23). The van der Waals surface area contributed by atoms with Gasteiger partial charge in [0.2, 0.25) is 5.91 Å². The fourth-order valence-electron chi connectivity index (χ4n) is 2.56. The highest BCUT2D eigenvalue weighted by atomic mass is 35.5. The minimum atomic E-state index is -0.111. The van der Waals surface area contributed by atoms with Gasteiger partial charge >= 0.3 is 4.87 Å². The summed E-state index contributed by atoms with van der Waals surface area (Å²) in [6.45, 7) is 2.57. The summed E-state index contributed by atoms with van der Waals surface area (Å²) < 4.78 is 2.58. The highest BCUT2D eigenvalue weighted by Crippen LogP contribution is 2.28. The van der Waals surface area contributed by atoms with Gasteiger partial charge in [-0.1, -0.05) is 40.6 Å². The predicted octanol–water partition coefficient (Wildman–Crippen LogP) is 5.26. The smallest absolute Gasteiger partial charge is 0.308 e. The van der Waals surface area contributed by atoms with Gasteiger partial charge in [0.15, 0.2) is 0 Å². The van der Waals surface area contributed by atoms with Crippen LogP contribution in [0.2, 0.25) is 10.0 Å². The molecular formula is C18H16Cl2N2O2S2. The Kier molecular flexibility index (Phi) is 6.29. The van der Waals surface area contributed by atoms with Gasteiger partial charge in [-0.3, -0.25) is 14.2 Å². The lowest BCUT2D eigenvalue weighted by atomic mass is 10.2. The molecule has 3 aromatic rings. The van der Waals surface area contributed by atoms with Crippen LogP contribution in [0.25, 0.3) is 10.2 Å². The number of thiazole rings is 1. The molecule has 0 aliphatic rings. The molecule has 2 aromatic carbocycles. The first kappa shape index (κ1) is 19.3. The quantitative estimate of drug-likeness (QED) is 0.584. The van der Waals surface area contributed by atoms with E-state index in [9.17, 15) is 9.59 Å². The average molecular weight is 427 g/mol. The molecule has 1 amide bonds. The number of carbonyl (C=O) groups excluding carboxylic acids is 1. The molecule has 0 aliphatic heterocycles. The second kappa shape index (κ2) is 8.48. The predicted molar refractivity (Wildman–Crippen MR) is 113 cm³/mol. The summed E-state index contributed by atoms with van der Waals surface area (Å²) in [5.74, 6) is 0.734.